The summed E-state index contributed by atoms with van der Waals surface area (Å²) in [5.74, 6) is 1.22. The molecular formula is C9H19NO. The zero-order chi connectivity index (χ0) is 8.27. The van der Waals surface area contributed by atoms with E-state index in [1.807, 2.05) is 0 Å². The molecule has 1 saturated heterocycles. The minimum Gasteiger partial charge on any atom is -0.396 e. The third kappa shape index (κ3) is 2.46. The predicted molar refractivity (Wildman–Crippen MR) is 46.4 cm³/mol. The molecule has 0 amide bonds. The molecular weight excluding hydrogens is 138 g/mol. The van der Waals surface area contributed by atoms with Gasteiger partial charge in [0.1, 0.15) is 0 Å². The van der Waals surface area contributed by atoms with E-state index in [1.54, 1.807) is 0 Å². The first-order valence-electron chi connectivity index (χ1n) is 4.58. The number of hydrogen-bond acceptors (Lipinski definition) is 2. The van der Waals surface area contributed by atoms with Crippen LogP contribution in [0.1, 0.15) is 26.7 Å². The number of rotatable bonds is 2. The fourth-order valence-corrected chi connectivity index (χ4v) is 1.84. The van der Waals surface area contributed by atoms with Gasteiger partial charge >= 0.3 is 0 Å². The molecule has 2 nitrogen and oxygen atoms in total. The van der Waals surface area contributed by atoms with Crippen molar-refractivity contribution in [2.24, 2.45) is 11.8 Å². The Kier molecular flexibility index (Phi) is 3.34. The van der Waals surface area contributed by atoms with Gasteiger partial charge in [-0.3, -0.25) is 0 Å². The third-order valence-corrected chi connectivity index (χ3v) is 2.76. The fourth-order valence-electron chi connectivity index (χ4n) is 1.84. The molecule has 0 aromatic rings. The van der Waals surface area contributed by atoms with Crippen LogP contribution >= 0.6 is 0 Å². The lowest BCUT2D eigenvalue weighted by molar-refractivity contribution is 0.153. The van der Waals surface area contributed by atoms with Crippen molar-refractivity contribution in [2.45, 2.75) is 32.7 Å². The Bertz CT molecular complexity index is 116. The highest BCUT2D eigenvalue weighted by Crippen LogP contribution is 2.23. The molecule has 3 unspecified atom stereocenters. The Morgan fingerprint density at radius 3 is 2.91 bits per heavy atom. The molecule has 0 saturated carbocycles. The molecule has 1 heterocycles. The first-order valence-corrected chi connectivity index (χ1v) is 4.58. The van der Waals surface area contributed by atoms with Gasteiger partial charge in [-0.25, -0.2) is 0 Å². The summed E-state index contributed by atoms with van der Waals surface area (Å²) in [6.45, 7) is 5.83. The maximum absolute atomic E-state index is 8.95. The average molecular weight is 157 g/mol. The van der Waals surface area contributed by atoms with Gasteiger partial charge in [0.15, 0.2) is 0 Å². The quantitative estimate of drug-likeness (QED) is 0.627. The van der Waals surface area contributed by atoms with Crippen molar-refractivity contribution >= 4 is 0 Å². The van der Waals surface area contributed by atoms with Gasteiger partial charge < -0.3 is 10.4 Å². The van der Waals surface area contributed by atoms with Gasteiger partial charge in [-0.15, -0.1) is 0 Å². The van der Waals surface area contributed by atoms with Crippen LogP contribution in [-0.2, 0) is 0 Å². The van der Waals surface area contributed by atoms with Gasteiger partial charge in [-0.05, 0) is 38.1 Å². The second-order valence-corrected chi connectivity index (χ2v) is 3.80. The van der Waals surface area contributed by atoms with Crippen molar-refractivity contribution in [3.05, 3.63) is 0 Å². The fraction of sp³-hybridized carbons (Fsp3) is 1.00. The molecule has 0 aromatic carbocycles. The van der Waals surface area contributed by atoms with Crippen LogP contribution in [-0.4, -0.2) is 24.3 Å². The van der Waals surface area contributed by atoms with Crippen molar-refractivity contribution in [1.82, 2.24) is 5.32 Å². The maximum atomic E-state index is 8.95. The number of aliphatic hydroxyl groups is 1. The highest BCUT2D eigenvalue weighted by atomic mass is 16.3. The van der Waals surface area contributed by atoms with E-state index < -0.39 is 0 Å². The van der Waals surface area contributed by atoms with E-state index in [2.05, 4.69) is 19.2 Å². The van der Waals surface area contributed by atoms with Crippen LogP contribution in [0.3, 0.4) is 0 Å². The molecule has 0 bridgehead atoms. The summed E-state index contributed by atoms with van der Waals surface area (Å²) in [6, 6.07) is 0.641. The summed E-state index contributed by atoms with van der Waals surface area (Å²) in [5, 5.41) is 12.4. The average Bonchev–Trinajstić information content (AvgIpc) is 2.03. The number of nitrogens with one attached hydrogen (secondary N) is 1. The molecule has 1 rings (SSSR count). The Morgan fingerprint density at radius 1 is 1.64 bits per heavy atom. The first-order chi connectivity index (χ1) is 5.24. The van der Waals surface area contributed by atoms with Gasteiger partial charge in [0.05, 0.1) is 0 Å². The van der Waals surface area contributed by atoms with Crippen LogP contribution in [0, 0.1) is 11.8 Å². The summed E-state index contributed by atoms with van der Waals surface area (Å²) < 4.78 is 0. The molecule has 0 spiro atoms. The summed E-state index contributed by atoms with van der Waals surface area (Å²) in [5.41, 5.74) is 0. The van der Waals surface area contributed by atoms with E-state index in [4.69, 9.17) is 5.11 Å². The summed E-state index contributed by atoms with van der Waals surface area (Å²) in [7, 11) is 0. The van der Waals surface area contributed by atoms with Crippen molar-refractivity contribution in [2.75, 3.05) is 13.2 Å². The van der Waals surface area contributed by atoms with E-state index in [1.165, 1.54) is 12.8 Å². The van der Waals surface area contributed by atoms with E-state index in [-0.39, 0.29) is 0 Å². The van der Waals surface area contributed by atoms with Crippen LogP contribution in [0.15, 0.2) is 0 Å². The molecule has 3 atom stereocenters. The van der Waals surface area contributed by atoms with Crippen LogP contribution in [0.25, 0.3) is 0 Å². The standard InChI is InChI=1S/C9H19NO/c1-7(6-11)9-3-4-10-8(2)5-9/h7-11H,3-6H2,1-2H3. The minimum atomic E-state index is 0.345. The van der Waals surface area contributed by atoms with E-state index >= 15 is 0 Å². The second kappa shape index (κ2) is 4.07. The highest BCUT2D eigenvalue weighted by molar-refractivity contribution is 4.77. The van der Waals surface area contributed by atoms with Gasteiger partial charge in [0.25, 0.3) is 0 Å². The Balaban J connectivity index is 2.33. The number of hydrogen-bond donors (Lipinski definition) is 2. The summed E-state index contributed by atoms with van der Waals surface area (Å²) in [6.07, 6.45) is 2.45. The molecule has 0 radical (unpaired) electrons. The normalized spacial score (nSPS) is 35.2. The molecule has 1 aliphatic heterocycles. The van der Waals surface area contributed by atoms with E-state index in [0.717, 1.165) is 12.5 Å². The van der Waals surface area contributed by atoms with E-state index in [9.17, 15) is 0 Å². The molecule has 0 aromatic heterocycles. The SMILES string of the molecule is CC1CC(C(C)CO)CCN1. The van der Waals surface area contributed by atoms with Gasteiger partial charge in [0.2, 0.25) is 0 Å². The van der Waals surface area contributed by atoms with E-state index in [0.29, 0.717) is 18.6 Å². The largest absolute Gasteiger partial charge is 0.396 e. The zero-order valence-electron chi connectivity index (χ0n) is 7.51. The molecule has 1 fully saturated rings. The molecule has 2 heteroatoms. The van der Waals surface area contributed by atoms with Crippen LogP contribution in [0.4, 0.5) is 0 Å². The monoisotopic (exact) mass is 157 g/mol. The third-order valence-electron chi connectivity index (χ3n) is 2.76. The molecule has 0 aliphatic carbocycles. The van der Waals surface area contributed by atoms with Gasteiger partial charge in [-0.1, -0.05) is 6.92 Å². The van der Waals surface area contributed by atoms with Crippen molar-refractivity contribution < 1.29 is 5.11 Å². The topological polar surface area (TPSA) is 32.3 Å². The van der Waals surface area contributed by atoms with Gasteiger partial charge in [0, 0.05) is 12.6 Å². The minimum absolute atomic E-state index is 0.345. The Hall–Kier alpha value is -0.0800. The first kappa shape index (κ1) is 9.01. The van der Waals surface area contributed by atoms with Crippen molar-refractivity contribution in [1.29, 1.82) is 0 Å². The van der Waals surface area contributed by atoms with Crippen molar-refractivity contribution in [3.63, 3.8) is 0 Å². The number of piperidine rings is 1. The lowest BCUT2D eigenvalue weighted by Crippen LogP contribution is -2.38. The van der Waals surface area contributed by atoms with Crippen LogP contribution < -0.4 is 5.32 Å². The van der Waals surface area contributed by atoms with Crippen LogP contribution in [0.2, 0.25) is 0 Å². The van der Waals surface area contributed by atoms with Crippen molar-refractivity contribution in [3.8, 4) is 0 Å². The molecule has 2 N–H and O–H groups in total. The van der Waals surface area contributed by atoms with Gasteiger partial charge in [-0.2, -0.15) is 0 Å². The van der Waals surface area contributed by atoms with Crippen LogP contribution in [0.5, 0.6) is 0 Å². The smallest absolute Gasteiger partial charge is 0.0459 e. The Labute approximate surface area is 69.0 Å². The number of aliphatic hydroxyl groups excluding tert-OH is 1. The summed E-state index contributed by atoms with van der Waals surface area (Å²) in [4.78, 5) is 0. The predicted octanol–water partition coefficient (Wildman–Crippen LogP) is 1.00. The Morgan fingerprint density at radius 2 is 2.36 bits per heavy atom. The lowest BCUT2D eigenvalue weighted by atomic mass is 9.84. The lowest BCUT2D eigenvalue weighted by Gasteiger charge is -2.31. The molecule has 1 aliphatic rings. The molecule has 11 heavy (non-hydrogen) atoms. The highest BCUT2D eigenvalue weighted by Gasteiger charge is 2.22. The summed E-state index contributed by atoms with van der Waals surface area (Å²) >= 11 is 0. The molecule has 66 valence electrons. The zero-order valence-corrected chi connectivity index (χ0v) is 7.51. The maximum Gasteiger partial charge on any atom is 0.0459 e. The second-order valence-electron chi connectivity index (χ2n) is 3.80.